The Morgan fingerprint density at radius 2 is 1.76 bits per heavy atom. The summed E-state index contributed by atoms with van der Waals surface area (Å²) in [6.07, 6.45) is 0. The summed E-state index contributed by atoms with van der Waals surface area (Å²) >= 11 is 0. The van der Waals surface area contributed by atoms with E-state index in [0.29, 0.717) is 18.8 Å². The van der Waals surface area contributed by atoms with E-state index in [1.54, 1.807) is 0 Å². The van der Waals surface area contributed by atoms with E-state index >= 15 is 0 Å². The summed E-state index contributed by atoms with van der Waals surface area (Å²) in [5.41, 5.74) is 0.428. The van der Waals surface area contributed by atoms with Crippen LogP contribution >= 0.6 is 0 Å². The Bertz CT molecular complexity index is 1320. The average molecular weight is 533 g/mol. The van der Waals surface area contributed by atoms with Crippen molar-refractivity contribution in [2.45, 2.75) is 10.9 Å². The number of hydrogen-bond donors (Lipinski definition) is 2. The van der Waals surface area contributed by atoms with Gasteiger partial charge in [-0.3, -0.25) is 9.59 Å². The molecule has 2 heterocycles. The molecule has 0 radical (unpaired) electrons. The number of sulfonamides is 1. The highest BCUT2D eigenvalue weighted by Crippen LogP contribution is 2.41. The third-order valence-electron chi connectivity index (χ3n) is 6.33. The zero-order valence-corrected chi connectivity index (χ0v) is 21.2. The SMILES string of the molecule is COCCN1C(=O)C(=O)/C(=C(/O)c2ccc(S(=O)(=O)N3CCOCC3)cc2)[C@@H]1c1ccc(O)c(OC)c1. The van der Waals surface area contributed by atoms with E-state index in [2.05, 4.69) is 0 Å². The van der Waals surface area contributed by atoms with Gasteiger partial charge in [0.2, 0.25) is 10.0 Å². The normalized spacial score (nSPS) is 20.4. The molecule has 1 amide bonds. The monoisotopic (exact) mass is 532 g/mol. The van der Waals surface area contributed by atoms with Gasteiger partial charge in [0.15, 0.2) is 11.5 Å². The number of rotatable bonds is 8. The van der Waals surface area contributed by atoms with Crippen LogP contribution in [-0.2, 0) is 29.1 Å². The maximum Gasteiger partial charge on any atom is 0.295 e. The Morgan fingerprint density at radius 1 is 1.08 bits per heavy atom. The van der Waals surface area contributed by atoms with Crippen molar-refractivity contribution in [2.75, 3.05) is 53.7 Å². The molecule has 4 rings (SSSR count). The molecule has 2 fully saturated rings. The van der Waals surface area contributed by atoms with Crippen molar-refractivity contribution in [1.29, 1.82) is 0 Å². The van der Waals surface area contributed by atoms with Gasteiger partial charge in [0.25, 0.3) is 11.7 Å². The van der Waals surface area contributed by atoms with Crippen molar-refractivity contribution in [2.24, 2.45) is 0 Å². The minimum absolute atomic E-state index is 0.0336. The number of methoxy groups -OCH3 is 2. The van der Waals surface area contributed by atoms with Crippen molar-refractivity contribution in [1.82, 2.24) is 9.21 Å². The number of Topliss-reactive ketones (excluding diaryl/α,β-unsaturated/α-hetero) is 1. The fourth-order valence-corrected chi connectivity index (χ4v) is 5.80. The standard InChI is InChI=1S/C25H28N2O9S/c1-34-12-11-27-22(17-5-8-19(28)20(15-17)35-2)21(24(30)25(27)31)23(29)16-3-6-18(7-4-16)37(32,33)26-9-13-36-14-10-26/h3-8,15,22,28-29H,9-14H2,1-2H3/b23-21+/t22-/m0/s1. The first-order valence-electron chi connectivity index (χ1n) is 11.5. The molecule has 0 spiro atoms. The molecule has 37 heavy (non-hydrogen) atoms. The van der Waals surface area contributed by atoms with Gasteiger partial charge in [-0.25, -0.2) is 8.42 Å². The number of carbonyl (C=O) groups excluding carboxylic acids is 2. The van der Waals surface area contributed by atoms with Gasteiger partial charge in [0, 0.05) is 32.3 Å². The van der Waals surface area contributed by atoms with Crippen LogP contribution in [0.4, 0.5) is 0 Å². The molecule has 0 bridgehead atoms. The van der Waals surface area contributed by atoms with E-state index in [9.17, 15) is 28.2 Å². The van der Waals surface area contributed by atoms with E-state index in [4.69, 9.17) is 14.2 Å². The number of likely N-dealkylation sites (tertiary alicyclic amines) is 1. The largest absolute Gasteiger partial charge is 0.507 e. The topological polar surface area (TPSA) is 143 Å². The molecule has 0 aromatic heterocycles. The molecule has 198 valence electrons. The Labute approximate surface area is 214 Å². The van der Waals surface area contributed by atoms with E-state index in [-0.39, 0.29) is 53.8 Å². The number of amides is 1. The predicted octanol–water partition coefficient (Wildman–Crippen LogP) is 1.49. The van der Waals surface area contributed by atoms with Gasteiger partial charge in [-0.05, 0) is 42.0 Å². The van der Waals surface area contributed by atoms with Crippen LogP contribution in [0.5, 0.6) is 11.5 Å². The Kier molecular flexibility index (Phi) is 7.83. The van der Waals surface area contributed by atoms with E-state index in [1.165, 1.54) is 65.9 Å². The zero-order valence-electron chi connectivity index (χ0n) is 20.4. The number of aliphatic hydroxyl groups excluding tert-OH is 1. The Morgan fingerprint density at radius 3 is 2.38 bits per heavy atom. The van der Waals surface area contributed by atoms with Gasteiger partial charge < -0.3 is 29.3 Å². The van der Waals surface area contributed by atoms with Crippen LogP contribution in [0.15, 0.2) is 52.9 Å². The third kappa shape index (κ3) is 5.05. The lowest BCUT2D eigenvalue weighted by atomic mass is 9.95. The number of morpholine rings is 1. The summed E-state index contributed by atoms with van der Waals surface area (Å²) in [6.45, 7) is 1.32. The average Bonchev–Trinajstić information content (AvgIpc) is 3.17. The number of ketones is 1. The Balaban J connectivity index is 1.76. The quantitative estimate of drug-likeness (QED) is 0.294. The number of nitrogens with zero attached hydrogens (tertiary/aromatic N) is 2. The molecule has 1 atom stereocenters. The van der Waals surface area contributed by atoms with Gasteiger partial charge >= 0.3 is 0 Å². The number of phenols is 1. The minimum Gasteiger partial charge on any atom is -0.507 e. The summed E-state index contributed by atoms with van der Waals surface area (Å²) in [7, 11) is -0.924. The lowest BCUT2D eigenvalue weighted by Crippen LogP contribution is -2.40. The third-order valence-corrected chi connectivity index (χ3v) is 8.24. The molecule has 0 saturated carbocycles. The molecule has 2 saturated heterocycles. The second-order valence-corrected chi connectivity index (χ2v) is 10.4. The van der Waals surface area contributed by atoms with Crippen LogP contribution in [0, 0.1) is 0 Å². The second kappa shape index (κ2) is 10.9. The first-order valence-corrected chi connectivity index (χ1v) is 13.0. The van der Waals surface area contributed by atoms with E-state index in [1.807, 2.05) is 0 Å². The smallest absolute Gasteiger partial charge is 0.295 e. The molecule has 2 aromatic carbocycles. The lowest BCUT2D eigenvalue weighted by molar-refractivity contribution is -0.140. The maximum absolute atomic E-state index is 13.1. The predicted molar refractivity (Wildman–Crippen MR) is 132 cm³/mol. The number of carbonyl (C=O) groups is 2. The first-order chi connectivity index (χ1) is 17.7. The van der Waals surface area contributed by atoms with Crippen LogP contribution in [-0.4, -0.2) is 93.2 Å². The minimum atomic E-state index is -3.75. The van der Waals surface area contributed by atoms with Crippen LogP contribution < -0.4 is 4.74 Å². The second-order valence-electron chi connectivity index (χ2n) is 8.46. The maximum atomic E-state index is 13.1. The van der Waals surface area contributed by atoms with Gasteiger partial charge in [-0.15, -0.1) is 0 Å². The number of ether oxygens (including phenoxy) is 3. The number of aliphatic hydroxyl groups is 1. The van der Waals surface area contributed by atoms with Gasteiger partial charge in [0.1, 0.15) is 5.76 Å². The highest BCUT2D eigenvalue weighted by atomic mass is 32.2. The summed E-state index contributed by atoms with van der Waals surface area (Å²) in [4.78, 5) is 27.3. The fraction of sp³-hybridized carbons (Fsp3) is 0.360. The molecule has 0 unspecified atom stereocenters. The molecule has 2 aliphatic rings. The van der Waals surface area contributed by atoms with Crippen LogP contribution in [0.2, 0.25) is 0 Å². The van der Waals surface area contributed by atoms with Gasteiger partial charge in [-0.1, -0.05) is 6.07 Å². The van der Waals surface area contributed by atoms with Gasteiger partial charge in [0.05, 0.1) is 43.4 Å². The number of phenolic OH excluding ortho intramolecular Hbond substituents is 1. The summed E-state index contributed by atoms with van der Waals surface area (Å²) < 4.78 is 42.7. The van der Waals surface area contributed by atoms with Crippen LogP contribution in [0.1, 0.15) is 17.2 Å². The number of benzene rings is 2. The van der Waals surface area contributed by atoms with E-state index in [0.717, 1.165) is 0 Å². The molecular formula is C25H28N2O9S. The van der Waals surface area contributed by atoms with Crippen molar-refractivity contribution in [3.8, 4) is 11.5 Å². The molecule has 11 nitrogen and oxygen atoms in total. The number of hydrogen-bond acceptors (Lipinski definition) is 9. The summed E-state index contributed by atoms with van der Waals surface area (Å²) in [5, 5.41) is 21.2. The Hall–Kier alpha value is -3.45. The fourth-order valence-electron chi connectivity index (χ4n) is 4.39. The molecule has 12 heteroatoms. The van der Waals surface area contributed by atoms with Crippen molar-refractivity contribution < 1.29 is 42.4 Å². The first kappa shape index (κ1) is 26.6. The van der Waals surface area contributed by atoms with Crippen molar-refractivity contribution in [3.05, 3.63) is 59.2 Å². The molecule has 0 aliphatic carbocycles. The molecule has 2 aliphatic heterocycles. The van der Waals surface area contributed by atoms with Gasteiger partial charge in [-0.2, -0.15) is 4.31 Å². The summed E-state index contributed by atoms with van der Waals surface area (Å²) in [5.74, 6) is -2.16. The summed E-state index contributed by atoms with van der Waals surface area (Å²) in [6, 6.07) is 8.87. The van der Waals surface area contributed by atoms with E-state index < -0.39 is 33.5 Å². The molecule has 2 N–H and O–H groups in total. The zero-order chi connectivity index (χ0) is 26.7. The number of aromatic hydroxyl groups is 1. The highest BCUT2D eigenvalue weighted by Gasteiger charge is 2.46. The molecular weight excluding hydrogens is 504 g/mol. The van der Waals surface area contributed by atoms with Crippen molar-refractivity contribution >= 4 is 27.5 Å². The highest BCUT2D eigenvalue weighted by molar-refractivity contribution is 7.89. The van der Waals surface area contributed by atoms with Crippen LogP contribution in [0.25, 0.3) is 5.76 Å². The van der Waals surface area contributed by atoms with Crippen LogP contribution in [0.3, 0.4) is 0 Å². The molecule has 2 aromatic rings. The lowest BCUT2D eigenvalue weighted by Gasteiger charge is -2.26. The van der Waals surface area contributed by atoms with Crippen molar-refractivity contribution in [3.63, 3.8) is 0 Å².